The zero-order valence-electron chi connectivity index (χ0n) is 14.3. The molecule has 1 aliphatic rings. The number of aromatic nitrogens is 1. The third-order valence-electron chi connectivity index (χ3n) is 4.19. The van der Waals surface area contributed by atoms with E-state index in [1.165, 1.54) is 0 Å². The number of hydrogen-bond donors (Lipinski definition) is 1. The molecule has 1 unspecified atom stereocenters. The van der Waals surface area contributed by atoms with Crippen LogP contribution in [0.5, 0.6) is 11.5 Å². The SMILES string of the molecule is COc1ccc(NC(=O)C2CC=CCC2)cc1OCc1cccnc1. The van der Waals surface area contributed by atoms with Gasteiger partial charge in [0.25, 0.3) is 0 Å². The third kappa shape index (κ3) is 4.59. The first kappa shape index (κ1) is 17.0. The van der Waals surface area contributed by atoms with Gasteiger partial charge < -0.3 is 14.8 Å². The minimum Gasteiger partial charge on any atom is -0.493 e. The van der Waals surface area contributed by atoms with Gasteiger partial charge >= 0.3 is 0 Å². The fourth-order valence-electron chi connectivity index (χ4n) is 2.79. The number of hydrogen-bond acceptors (Lipinski definition) is 4. The van der Waals surface area contributed by atoms with Crippen LogP contribution in [0, 0.1) is 5.92 Å². The number of pyridine rings is 1. The fraction of sp³-hybridized carbons (Fsp3) is 0.300. The average Bonchev–Trinajstić information content (AvgIpc) is 2.68. The number of carbonyl (C=O) groups is 1. The molecule has 1 atom stereocenters. The Kier molecular flexibility index (Phi) is 5.67. The van der Waals surface area contributed by atoms with Crippen molar-refractivity contribution in [2.75, 3.05) is 12.4 Å². The zero-order chi connectivity index (χ0) is 17.5. The fourth-order valence-corrected chi connectivity index (χ4v) is 2.79. The van der Waals surface area contributed by atoms with E-state index in [1.54, 1.807) is 31.6 Å². The molecular formula is C20H22N2O3. The van der Waals surface area contributed by atoms with E-state index in [2.05, 4.69) is 22.5 Å². The molecule has 0 saturated carbocycles. The van der Waals surface area contributed by atoms with Crippen molar-refractivity contribution in [3.63, 3.8) is 0 Å². The molecule has 0 fully saturated rings. The van der Waals surface area contributed by atoms with Crippen LogP contribution in [-0.4, -0.2) is 18.0 Å². The molecule has 5 nitrogen and oxygen atoms in total. The standard InChI is InChI=1S/C20H22N2O3/c1-24-18-10-9-17(22-20(23)16-7-3-2-4-8-16)12-19(18)25-14-15-6-5-11-21-13-15/h2-3,5-6,9-13,16H,4,7-8,14H2,1H3,(H,22,23). The number of nitrogens with one attached hydrogen (secondary N) is 1. The second-order valence-electron chi connectivity index (χ2n) is 5.99. The number of methoxy groups -OCH3 is 1. The van der Waals surface area contributed by atoms with Gasteiger partial charge in [-0.25, -0.2) is 0 Å². The zero-order valence-corrected chi connectivity index (χ0v) is 14.3. The van der Waals surface area contributed by atoms with Gasteiger partial charge in [0.15, 0.2) is 11.5 Å². The maximum absolute atomic E-state index is 12.4. The quantitative estimate of drug-likeness (QED) is 0.810. The molecule has 2 aromatic rings. The van der Waals surface area contributed by atoms with Crippen molar-refractivity contribution in [1.29, 1.82) is 0 Å². The molecule has 0 saturated heterocycles. The van der Waals surface area contributed by atoms with Crippen LogP contribution in [-0.2, 0) is 11.4 Å². The topological polar surface area (TPSA) is 60.5 Å². The first-order valence-corrected chi connectivity index (χ1v) is 8.42. The number of rotatable bonds is 6. The lowest BCUT2D eigenvalue weighted by Crippen LogP contribution is -2.23. The smallest absolute Gasteiger partial charge is 0.227 e. The lowest BCUT2D eigenvalue weighted by Gasteiger charge is -2.18. The molecule has 25 heavy (non-hydrogen) atoms. The van der Waals surface area contributed by atoms with E-state index in [9.17, 15) is 4.79 Å². The molecule has 1 N–H and O–H groups in total. The van der Waals surface area contributed by atoms with E-state index < -0.39 is 0 Å². The Balaban J connectivity index is 1.68. The predicted molar refractivity (Wildman–Crippen MR) is 96.7 cm³/mol. The van der Waals surface area contributed by atoms with Gasteiger partial charge in [-0.15, -0.1) is 0 Å². The number of ether oxygens (including phenoxy) is 2. The molecule has 3 rings (SSSR count). The van der Waals surface area contributed by atoms with Gasteiger partial charge in [0.1, 0.15) is 6.61 Å². The van der Waals surface area contributed by atoms with Gasteiger partial charge in [0.05, 0.1) is 7.11 Å². The Morgan fingerprint density at radius 1 is 1.28 bits per heavy atom. The lowest BCUT2D eigenvalue weighted by atomic mass is 9.93. The first-order valence-electron chi connectivity index (χ1n) is 8.42. The number of benzene rings is 1. The number of allylic oxidation sites excluding steroid dienone is 2. The summed E-state index contributed by atoms with van der Waals surface area (Å²) in [5.74, 6) is 1.30. The second-order valence-corrected chi connectivity index (χ2v) is 5.99. The largest absolute Gasteiger partial charge is 0.493 e. The van der Waals surface area contributed by atoms with Crippen molar-refractivity contribution in [3.8, 4) is 11.5 Å². The minimum atomic E-state index is 0.0341. The number of nitrogens with zero attached hydrogens (tertiary/aromatic N) is 1. The normalized spacial score (nSPS) is 16.3. The highest BCUT2D eigenvalue weighted by atomic mass is 16.5. The molecule has 0 aliphatic heterocycles. The van der Waals surface area contributed by atoms with Crippen LogP contribution in [0.4, 0.5) is 5.69 Å². The van der Waals surface area contributed by atoms with Gasteiger partial charge in [0.2, 0.25) is 5.91 Å². The highest BCUT2D eigenvalue weighted by molar-refractivity contribution is 5.93. The average molecular weight is 338 g/mol. The van der Waals surface area contributed by atoms with Crippen molar-refractivity contribution >= 4 is 11.6 Å². The van der Waals surface area contributed by atoms with E-state index in [0.29, 0.717) is 23.8 Å². The molecular weight excluding hydrogens is 316 g/mol. The summed E-state index contributed by atoms with van der Waals surface area (Å²) in [6.07, 6.45) is 10.3. The molecule has 0 spiro atoms. The minimum absolute atomic E-state index is 0.0341. The van der Waals surface area contributed by atoms with Gasteiger partial charge in [-0.3, -0.25) is 9.78 Å². The van der Waals surface area contributed by atoms with Crippen LogP contribution >= 0.6 is 0 Å². The van der Waals surface area contributed by atoms with E-state index >= 15 is 0 Å². The lowest BCUT2D eigenvalue weighted by molar-refractivity contribution is -0.120. The molecule has 0 radical (unpaired) electrons. The summed E-state index contributed by atoms with van der Waals surface area (Å²) in [6.45, 7) is 0.384. The number of anilines is 1. The van der Waals surface area contributed by atoms with Crippen LogP contribution in [0.1, 0.15) is 24.8 Å². The van der Waals surface area contributed by atoms with E-state index in [-0.39, 0.29) is 11.8 Å². The Labute approximate surface area is 147 Å². The molecule has 1 heterocycles. The maximum Gasteiger partial charge on any atom is 0.227 e. The van der Waals surface area contributed by atoms with E-state index in [0.717, 1.165) is 24.8 Å². The Hall–Kier alpha value is -2.82. The molecule has 1 amide bonds. The Morgan fingerprint density at radius 3 is 2.92 bits per heavy atom. The highest BCUT2D eigenvalue weighted by Crippen LogP contribution is 2.31. The Bertz CT molecular complexity index is 744. The molecule has 1 aromatic heterocycles. The van der Waals surface area contributed by atoms with Gasteiger partial charge in [-0.1, -0.05) is 18.2 Å². The van der Waals surface area contributed by atoms with Crippen molar-refractivity contribution in [3.05, 3.63) is 60.4 Å². The summed E-state index contributed by atoms with van der Waals surface area (Å²) in [6, 6.07) is 9.24. The molecule has 130 valence electrons. The summed E-state index contributed by atoms with van der Waals surface area (Å²) >= 11 is 0. The van der Waals surface area contributed by atoms with Crippen molar-refractivity contribution in [2.24, 2.45) is 5.92 Å². The summed E-state index contributed by atoms with van der Waals surface area (Å²) in [7, 11) is 1.60. The van der Waals surface area contributed by atoms with Crippen molar-refractivity contribution in [2.45, 2.75) is 25.9 Å². The van der Waals surface area contributed by atoms with Gasteiger partial charge in [-0.05, 0) is 37.5 Å². The summed E-state index contributed by atoms with van der Waals surface area (Å²) in [4.78, 5) is 16.5. The number of carbonyl (C=O) groups excluding carboxylic acids is 1. The Morgan fingerprint density at radius 2 is 2.20 bits per heavy atom. The van der Waals surface area contributed by atoms with Gasteiger partial charge in [-0.2, -0.15) is 0 Å². The van der Waals surface area contributed by atoms with Crippen LogP contribution in [0.15, 0.2) is 54.9 Å². The predicted octanol–water partition coefficient (Wildman–Crippen LogP) is 3.96. The van der Waals surface area contributed by atoms with Crippen molar-refractivity contribution < 1.29 is 14.3 Å². The second kappa shape index (κ2) is 8.33. The van der Waals surface area contributed by atoms with Crippen LogP contribution in [0.25, 0.3) is 0 Å². The highest BCUT2D eigenvalue weighted by Gasteiger charge is 2.19. The number of amides is 1. The molecule has 0 bridgehead atoms. The summed E-state index contributed by atoms with van der Waals surface area (Å²) in [5, 5.41) is 2.98. The monoisotopic (exact) mass is 338 g/mol. The molecule has 1 aromatic carbocycles. The summed E-state index contributed by atoms with van der Waals surface area (Å²) < 4.78 is 11.2. The van der Waals surface area contributed by atoms with Crippen molar-refractivity contribution in [1.82, 2.24) is 4.98 Å². The molecule has 5 heteroatoms. The maximum atomic E-state index is 12.4. The third-order valence-corrected chi connectivity index (χ3v) is 4.19. The molecule has 1 aliphatic carbocycles. The first-order chi connectivity index (χ1) is 12.3. The van der Waals surface area contributed by atoms with Crippen LogP contribution in [0.3, 0.4) is 0 Å². The van der Waals surface area contributed by atoms with E-state index in [4.69, 9.17) is 9.47 Å². The van der Waals surface area contributed by atoms with E-state index in [1.807, 2.05) is 18.2 Å². The van der Waals surface area contributed by atoms with Gasteiger partial charge in [0, 0.05) is 35.6 Å². The van der Waals surface area contributed by atoms with Crippen LogP contribution in [0.2, 0.25) is 0 Å². The van der Waals surface area contributed by atoms with Crippen LogP contribution < -0.4 is 14.8 Å². The summed E-state index contributed by atoms with van der Waals surface area (Å²) in [5.41, 5.74) is 1.68.